The zero-order valence-corrected chi connectivity index (χ0v) is 22.4. The van der Waals surface area contributed by atoms with Crippen LogP contribution in [0.1, 0.15) is 26.3 Å². The Balaban J connectivity index is 1.80. The molecule has 0 atom stereocenters. The third-order valence-corrected chi connectivity index (χ3v) is 5.58. The number of esters is 1. The van der Waals surface area contributed by atoms with Crippen molar-refractivity contribution in [3.8, 4) is 34.5 Å². The molecule has 3 aromatic carbocycles. The predicted octanol–water partition coefficient (Wildman–Crippen LogP) is 4.48. The van der Waals surface area contributed by atoms with Gasteiger partial charge in [0.15, 0.2) is 23.0 Å². The van der Waals surface area contributed by atoms with Gasteiger partial charge in [-0.1, -0.05) is 15.9 Å². The van der Waals surface area contributed by atoms with E-state index in [1.807, 2.05) is 0 Å². The fraction of sp³-hybridized carbons (Fsp3) is 0.192. The van der Waals surface area contributed by atoms with Crippen molar-refractivity contribution < 1.29 is 38.0 Å². The number of ether oxygens (including phenoxy) is 6. The summed E-state index contributed by atoms with van der Waals surface area (Å²) in [6, 6.07) is 12.7. The number of hydrazone groups is 1. The van der Waals surface area contributed by atoms with Crippen molar-refractivity contribution in [2.45, 2.75) is 0 Å². The maximum atomic E-state index is 12.8. The van der Waals surface area contributed by atoms with Crippen LogP contribution in [0.15, 0.2) is 58.1 Å². The first-order chi connectivity index (χ1) is 17.8. The highest BCUT2D eigenvalue weighted by Crippen LogP contribution is 2.38. The Kier molecular flexibility index (Phi) is 9.33. The van der Waals surface area contributed by atoms with Crippen LogP contribution in [0.3, 0.4) is 0 Å². The lowest BCUT2D eigenvalue weighted by Gasteiger charge is -2.13. The standard InChI is InChI=1S/C26H25BrN2O8/c1-32-20-8-6-15(11-21(20)33-2)26(31)37-19-9-7-18(27)10-17(19)14-28-29-25(30)16-12-22(34-3)24(36-5)23(13-16)35-4/h6-14H,1-5H3,(H,29,30)/b28-14-. The van der Waals surface area contributed by atoms with Gasteiger partial charge in [0.1, 0.15) is 5.75 Å². The summed E-state index contributed by atoms with van der Waals surface area (Å²) in [4.78, 5) is 25.5. The lowest BCUT2D eigenvalue weighted by atomic mass is 10.1. The fourth-order valence-corrected chi connectivity index (χ4v) is 3.65. The van der Waals surface area contributed by atoms with Gasteiger partial charge in [-0.25, -0.2) is 10.2 Å². The number of carbonyl (C=O) groups excluding carboxylic acids is 2. The first kappa shape index (κ1) is 27.3. The van der Waals surface area contributed by atoms with Crippen LogP contribution < -0.4 is 33.8 Å². The van der Waals surface area contributed by atoms with Crippen molar-refractivity contribution in [2.75, 3.05) is 35.5 Å². The molecule has 0 aromatic heterocycles. The molecule has 0 saturated carbocycles. The van der Waals surface area contributed by atoms with Crippen molar-refractivity contribution in [2.24, 2.45) is 5.10 Å². The average molecular weight is 573 g/mol. The monoisotopic (exact) mass is 572 g/mol. The number of carbonyl (C=O) groups is 2. The van der Waals surface area contributed by atoms with E-state index in [1.54, 1.807) is 30.3 Å². The molecule has 0 heterocycles. The number of halogens is 1. The highest BCUT2D eigenvalue weighted by molar-refractivity contribution is 9.10. The third kappa shape index (κ3) is 6.50. The minimum Gasteiger partial charge on any atom is -0.493 e. The predicted molar refractivity (Wildman–Crippen MR) is 140 cm³/mol. The van der Waals surface area contributed by atoms with Crippen LogP contribution in [0.5, 0.6) is 34.5 Å². The summed E-state index contributed by atoms with van der Waals surface area (Å²) in [6.07, 6.45) is 1.36. The molecular formula is C26H25BrN2O8. The third-order valence-electron chi connectivity index (χ3n) is 5.09. The Morgan fingerprint density at radius 1 is 0.730 bits per heavy atom. The molecule has 0 radical (unpaired) electrons. The van der Waals surface area contributed by atoms with E-state index < -0.39 is 11.9 Å². The van der Waals surface area contributed by atoms with Crippen LogP contribution in [0.25, 0.3) is 0 Å². The molecule has 0 saturated heterocycles. The molecule has 0 aliphatic heterocycles. The van der Waals surface area contributed by atoms with Gasteiger partial charge < -0.3 is 28.4 Å². The van der Waals surface area contributed by atoms with Crippen molar-refractivity contribution in [3.63, 3.8) is 0 Å². The summed E-state index contributed by atoms with van der Waals surface area (Å²) in [5.41, 5.74) is 3.38. The van der Waals surface area contributed by atoms with Crippen LogP contribution in [0.2, 0.25) is 0 Å². The Labute approximate surface area is 222 Å². The van der Waals surface area contributed by atoms with Crippen LogP contribution in [0, 0.1) is 0 Å². The number of methoxy groups -OCH3 is 5. The molecule has 11 heteroatoms. The molecule has 10 nitrogen and oxygen atoms in total. The topological polar surface area (TPSA) is 114 Å². The zero-order valence-electron chi connectivity index (χ0n) is 20.8. The summed E-state index contributed by atoms with van der Waals surface area (Å²) >= 11 is 3.39. The summed E-state index contributed by atoms with van der Waals surface area (Å²) in [6.45, 7) is 0. The van der Waals surface area contributed by atoms with Crippen LogP contribution in [0.4, 0.5) is 0 Å². The van der Waals surface area contributed by atoms with E-state index in [0.717, 1.165) is 4.47 Å². The van der Waals surface area contributed by atoms with Crippen molar-refractivity contribution in [1.82, 2.24) is 5.43 Å². The SMILES string of the molecule is COc1ccc(C(=O)Oc2ccc(Br)cc2/C=N\NC(=O)c2cc(OC)c(OC)c(OC)c2)cc1OC. The second-order valence-electron chi connectivity index (χ2n) is 7.25. The molecule has 0 bridgehead atoms. The Morgan fingerprint density at radius 3 is 1.92 bits per heavy atom. The van der Waals surface area contributed by atoms with E-state index in [0.29, 0.717) is 34.3 Å². The Hall–Kier alpha value is -4.25. The Morgan fingerprint density at radius 2 is 1.32 bits per heavy atom. The van der Waals surface area contributed by atoms with Gasteiger partial charge in [-0.3, -0.25) is 4.79 Å². The molecule has 3 aromatic rings. The van der Waals surface area contributed by atoms with E-state index in [2.05, 4.69) is 26.5 Å². The highest BCUT2D eigenvalue weighted by Gasteiger charge is 2.17. The van der Waals surface area contributed by atoms with E-state index >= 15 is 0 Å². The first-order valence-electron chi connectivity index (χ1n) is 10.7. The molecule has 1 amide bonds. The van der Waals surface area contributed by atoms with Gasteiger partial charge in [0.05, 0.1) is 47.3 Å². The van der Waals surface area contributed by atoms with Crippen LogP contribution in [-0.4, -0.2) is 53.6 Å². The fourth-order valence-electron chi connectivity index (χ4n) is 3.27. The summed E-state index contributed by atoms with van der Waals surface area (Å²) in [7, 11) is 7.36. The second-order valence-corrected chi connectivity index (χ2v) is 8.17. The van der Waals surface area contributed by atoms with Gasteiger partial charge in [0.25, 0.3) is 5.91 Å². The molecule has 3 rings (SSSR count). The summed E-state index contributed by atoms with van der Waals surface area (Å²) in [5, 5.41) is 4.02. The molecule has 0 fully saturated rings. The van der Waals surface area contributed by atoms with Gasteiger partial charge in [-0.15, -0.1) is 0 Å². The quantitative estimate of drug-likeness (QED) is 0.164. The minimum absolute atomic E-state index is 0.230. The van der Waals surface area contributed by atoms with Crippen molar-refractivity contribution in [1.29, 1.82) is 0 Å². The van der Waals surface area contributed by atoms with E-state index in [-0.39, 0.29) is 16.9 Å². The normalized spacial score (nSPS) is 10.5. The van der Waals surface area contributed by atoms with Gasteiger partial charge >= 0.3 is 5.97 Å². The molecule has 0 aliphatic carbocycles. The molecule has 37 heavy (non-hydrogen) atoms. The molecule has 194 valence electrons. The summed E-state index contributed by atoms with van der Waals surface area (Å²) in [5.74, 6) is 0.990. The number of hydrogen-bond acceptors (Lipinski definition) is 9. The maximum absolute atomic E-state index is 12.8. The number of amides is 1. The molecule has 0 spiro atoms. The molecular weight excluding hydrogens is 548 g/mol. The number of rotatable bonds is 10. The number of benzene rings is 3. The zero-order chi connectivity index (χ0) is 26.9. The maximum Gasteiger partial charge on any atom is 0.343 e. The van der Waals surface area contributed by atoms with E-state index in [4.69, 9.17) is 28.4 Å². The molecule has 0 unspecified atom stereocenters. The van der Waals surface area contributed by atoms with Crippen LogP contribution >= 0.6 is 15.9 Å². The number of hydrogen-bond donors (Lipinski definition) is 1. The van der Waals surface area contributed by atoms with Crippen molar-refractivity contribution >= 4 is 34.0 Å². The van der Waals surface area contributed by atoms with Gasteiger partial charge in [0, 0.05) is 15.6 Å². The smallest absolute Gasteiger partial charge is 0.343 e. The van der Waals surface area contributed by atoms with E-state index in [9.17, 15) is 9.59 Å². The first-order valence-corrected chi connectivity index (χ1v) is 11.5. The van der Waals surface area contributed by atoms with Gasteiger partial charge in [0.2, 0.25) is 5.75 Å². The van der Waals surface area contributed by atoms with Gasteiger partial charge in [-0.05, 0) is 48.5 Å². The molecule has 0 aliphatic rings. The second kappa shape index (κ2) is 12.6. The van der Waals surface area contributed by atoms with Crippen LogP contribution in [-0.2, 0) is 0 Å². The highest BCUT2D eigenvalue weighted by atomic mass is 79.9. The number of nitrogens with one attached hydrogen (secondary N) is 1. The lowest BCUT2D eigenvalue weighted by molar-refractivity contribution is 0.0733. The van der Waals surface area contributed by atoms with Gasteiger partial charge in [-0.2, -0.15) is 5.10 Å². The average Bonchev–Trinajstić information content (AvgIpc) is 2.92. The lowest BCUT2D eigenvalue weighted by Crippen LogP contribution is -2.18. The number of nitrogens with zero attached hydrogens (tertiary/aromatic N) is 1. The summed E-state index contributed by atoms with van der Waals surface area (Å²) < 4.78 is 32.6. The largest absolute Gasteiger partial charge is 0.493 e. The minimum atomic E-state index is -0.612. The Bertz CT molecular complexity index is 1300. The molecule has 1 N–H and O–H groups in total. The van der Waals surface area contributed by atoms with E-state index in [1.165, 1.54) is 60.0 Å². The van der Waals surface area contributed by atoms with Crippen molar-refractivity contribution in [3.05, 3.63) is 69.7 Å².